The molecule has 1 heterocycles. The van der Waals surface area contributed by atoms with E-state index in [0.29, 0.717) is 24.3 Å². The minimum atomic E-state index is -0.399. The van der Waals surface area contributed by atoms with Crippen LogP contribution in [0.4, 0.5) is 0 Å². The summed E-state index contributed by atoms with van der Waals surface area (Å²) in [5.41, 5.74) is 1.09. The van der Waals surface area contributed by atoms with Crippen molar-refractivity contribution in [3.8, 4) is 5.75 Å². The third kappa shape index (κ3) is 3.10. The standard InChI is InChI=1S/C15H19NO4/c1-10-4-5-11(6-12(10)19-3)14(18)20-9-15(2)7-13(17)16-8-15/h4-6H,7-9H2,1-3H3,(H,16,17). The van der Waals surface area contributed by atoms with Gasteiger partial charge < -0.3 is 14.8 Å². The Morgan fingerprint density at radius 2 is 2.20 bits per heavy atom. The Labute approximate surface area is 118 Å². The van der Waals surface area contributed by atoms with Crippen LogP contribution in [0.25, 0.3) is 0 Å². The Kier molecular flexibility index (Phi) is 3.97. The first-order valence-corrected chi connectivity index (χ1v) is 6.52. The van der Waals surface area contributed by atoms with Crippen molar-refractivity contribution >= 4 is 11.9 Å². The van der Waals surface area contributed by atoms with Crippen LogP contribution in [0, 0.1) is 12.3 Å². The van der Waals surface area contributed by atoms with Crippen molar-refractivity contribution in [1.29, 1.82) is 0 Å². The molecular formula is C15H19NO4. The van der Waals surface area contributed by atoms with Gasteiger partial charge in [0, 0.05) is 18.4 Å². The van der Waals surface area contributed by atoms with Crippen molar-refractivity contribution in [2.24, 2.45) is 5.41 Å². The number of carbonyl (C=O) groups excluding carboxylic acids is 2. The van der Waals surface area contributed by atoms with Gasteiger partial charge in [0.25, 0.3) is 0 Å². The number of amides is 1. The normalized spacial score (nSPS) is 21.4. The lowest BCUT2D eigenvalue weighted by Crippen LogP contribution is -2.27. The number of nitrogens with one attached hydrogen (secondary N) is 1. The predicted octanol–water partition coefficient (Wildman–Crippen LogP) is 1.69. The number of ether oxygens (including phenoxy) is 2. The SMILES string of the molecule is COc1cc(C(=O)OCC2(C)CNC(=O)C2)ccc1C. The van der Waals surface area contributed by atoms with Crippen molar-refractivity contribution in [3.05, 3.63) is 29.3 Å². The van der Waals surface area contributed by atoms with E-state index in [9.17, 15) is 9.59 Å². The van der Waals surface area contributed by atoms with E-state index < -0.39 is 5.97 Å². The molecule has 0 radical (unpaired) electrons. The lowest BCUT2D eigenvalue weighted by molar-refractivity contribution is -0.119. The predicted molar refractivity (Wildman–Crippen MR) is 73.7 cm³/mol. The molecule has 0 aliphatic carbocycles. The topological polar surface area (TPSA) is 64.6 Å². The Balaban J connectivity index is 2.00. The molecule has 108 valence electrons. The lowest BCUT2D eigenvalue weighted by Gasteiger charge is -2.20. The van der Waals surface area contributed by atoms with Gasteiger partial charge in [0.2, 0.25) is 5.91 Å². The van der Waals surface area contributed by atoms with Crippen molar-refractivity contribution in [2.45, 2.75) is 20.3 Å². The molecule has 1 atom stereocenters. The van der Waals surface area contributed by atoms with Crippen molar-refractivity contribution in [2.75, 3.05) is 20.3 Å². The Morgan fingerprint density at radius 3 is 2.80 bits per heavy atom. The molecule has 1 amide bonds. The number of hydrogen-bond acceptors (Lipinski definition) is 4. The van der Waals surface area contributed by atoms with Gasteiger partial charge in [-0.15, -0.1) is 0 Å². The highest BCUT2D eigenvalue weighted by molar-refractivity contribution is 5.90. The van der Waals surface area contributed by atoms with Crippen LogP contribution in [0.2, 0.25) is 0 Å². The average Bonchev–Trinajstić information content (AvgIpc) is 2.77. The second-order valence-corrected chi connectivity index (χ2v) is 5.52. The Bertz CT molecular complexity index is 541. The van der Waals surface area contributed by atoms with Crippen molar-refractivity contribution in [1.82, 2.24) is 5.32 Å². The fraction of sp³-hybridized carbons (Fsp3) is 0.467. The highest BCUT2D eigenvalue weighted by Crippen LogP contribution is 2.26. The largest absolute Gasteiger partial charge is 0.496 e. The average molecular weight is 277 g/mol. The third-order valence-electron chi connectivity index (χ3n) is 3.50. The maximum atomic E-state index is 12.0. The van der Waals surface area contributed by atoms with Crippen molar-refractivity contribution in [3.63, 3.8) is 0 Å². The summed E-state index contributed by atoms with van der Waals surface area (Å²) >= 11 is 0. The first-order valence-electron chi connectivity index (χ1n) is 6.52. The zero-order valence-electron chi connectivity index (χ0n) is 12.0. The molecule has 1 aromatic carbocycles. The fourth-order valence-electron chi connectivity index (χ4n) is 2.20. The van der Waals surface area contributed by atoms with Gasteiger partial charge in [0.05, 0.1) is 19.3 Å². The molecule has 1 unspecified atom stereocenters. The molecule has 0 saturated carbocycles. The highest BCUT2D eigenvalue weighted by Gasteiger charge is 2.35. The number of esters is 1. The van der Waals surface area contributed by atoms with E-state index in [1.807, 2.05) is 19.9 Å². The number of rotatable bonds is 4. The second-order valence-electron chi connectivity index (χ2n) is 5.52. The molecule has 2 rings (SSSR count). The van der Waals surface area contributed by atoms with Crippen LogP contribution in [0.5, 0.6) is 5.75 Å². The van der Waals surface area contributed by atoms with E-state index in [-0.39, 0.29) is 17.9 Å². The van der Waals surface area contributed by atoms with Gasteiger partial charge in [0.15, 0.2) is 0 Å². The van der Waals surface area contributed by atoms with Crippen LogP contribution >= 0.6 is 0 Å². The van der Waals surface area contributed by atoms with Crippen LogP contribution in [-0.2, 0) is 9.53 Å². The van der Waals surface area contributed by atoms with Gasteiger partial charge in [-0.1, -0.05) is 13.0 Å². The fourth-order valence-corrected chi connectivity index (χ4v) is 2.20. The summed E-state index contributed by atoms with van der Waals surface area (Å²) < 4.78 is 10.5. The summed E-state index contributed by atoms with van der Waals surface area (Å²) in [7, 11) is 1.56. The quantitative estimate of drug-likeness (QED) is 0.851. The monoisotopic (exact) mass is 277 g/mol. The molecule has 0 aromatic heterocycles. The van der Waals surface area contributed by atoms with Gasteiger partial charge >= 0.3 is 5.97 Å². The third-order valence-corrected chi connectivity index (χ3v) is 3.50. The first-order chi connectivity index (χ1) is 9.43. The van der Waals surface area contributed by atoms with E-state index in [4.69, 9.17) is 9.47 Å². The molecule has 1 aliphatic rings. The molecule has 1 aromatic rings. The summed E-state index contributed by atoms with van der Waals surface area (Å²) in [4.78, 5) is 23.2. The molecule has 1 N–H and O–H groups in total. The number of carbonyl (C=O) groups is 2. The summed E-state index contributed by atoms with van der Waals surface area (Å²) in [6, 6.07) is 5.19. The van der Waals surface area contributed by atoms with Gasteiger partial charge in [-0.3, -0.25) is 4.79 Å². The molecule has 0 spiro atoms. The second kappa shape index (κ2) is 5.53. The van der Waals surface area contributed by atoms with Gasteiger partial charge in [-0.2, -0.15) is 0 Å². The minimum absolute atomic E-state index is 0.000513. The number of aryl methyl sites for hydroxylation is 1. The zero-order valence-corrected chi connectivity index (χ0v) is 12.0. The maximum absolute atomic E-state index is 12.0. The number of benzene rings is 1. The minimum Gasteiger partial charge on any atom is -0.496 e. The summed E-state index contributed by atoms with van der Waals surface area (Å²) in [5.74, 6) is 0.257. The molecule has 1 saturated heterocycles. The van der Waals surface area contributed by atoms with Gasteiger partial charge in [-0.25, -0.2) is 4.79 Å². The summed E-state index contributed by atoms with van der Waals surface area (Å²) in [6.07, 6.45) is 0.386. The number of methoxy groups -OCH3 is 1. The molecule has 5 nitrogen and oxygen atoms in total. The molecule has 1 fully saturated rings. The first kappa shape index (κ1) is 14.4. The molecule has 20 heavy (non-hydrogen) atoms. The van der Waals surface area contributed by atoms with Gasteiger partial charge in [0.1, 0.15) is 5.75 Å². The lowest BCUT2D eigenvalue weighted by atomic mass is 9.91. The van der Waals surface area contributed by atoms with E-state index in [2.05, 4.69) is 5.32 Å². The smallest absolute Gasteiger partial charge is 0.338 e. The Hall–Kier alpha value is -2.04. The van der Waals surface area contributed by atoms with Crippen LogP contribution in [0.15, 0.2) is 18.2 Å². The van der Waals surface area contributed by atoms with Crippen LogP contribution < -0.4 is 10.1 Å². The maximum Gasteiger partial charge on any atom is 0.338 e. The van der Waals surface area contributed by atoms with Crippen LogP contribution in [0.3, 0.4) is 0 Å². The van der Waals surface area contributed by atoms with E-state index in [1.54, 1.807) is 19.2 Å². The van der Waals surface area contributed by atoms with E-state index in [1.165, 1.54) is 0 Å². The van der Waals surface area contributed by atoms with Crippen LogP contribution in [0.1, 0.15) is 29.3 Å². The Morgan fingerprint density at radius 1 is 1.45 bits per heavy atom. The van der Waals surface area contributed by atoms with E-state index >= 15 is 0 Å². The van der Waals surface area contributed by atoms with Crippen LogP contribution in [-0.4, -0.2) is 32.1 Å². The van der Waals surface area contributed by atoms with E-state index in [0.717, 1.165) is 5.56 Å². The molecule has 5 heteroatoms. The molecular weight excluding hydrogens is 258 g/mol. The van der Waals surface area contributed by atoms with Crippen molar-refractivity contribution < 1.29 is 19.1 Å². The summed E-state index contributed by atoms with van der Waals surface area (Å²) in [5, 5.41) is 2.75. The van der Waals surface area contributed by atoms with Gasteiger partial charge in [-0.05, 0) is 24.6 Å². The molecule has 1 aliphatic heterocycles. The number of hydrogen-bond donors (Lipinski definition) is 1. The highest BCUT2D eigenvalue weighted by atomic mass is 16.5. The summed E-state index contributed by atoms with van der Waals surface area (Å²) in [6.45, 7) is 4.59. The molecule has 0 bridgehead atoms. The zero-order chi connectivity index (χ0) is 14.8.